The van der Waals surface area contributed by atoms with Crippen molar-refractivity contribution in [2.75, 3.05) is 11.9 Å². The first-order valence-corrected chi connectivity index (χ1v) is 7.38. The molecule has 0 saturated heterocycles. The second kappa shape index (κ2) is 6.85. The number of rotatable bonds is 4. The topological polar surface area (TPSA) is 68.0 Å². The van der Waals surface area contributed by atoms with Crippen LogP contribution in [0.4, 0.5) is 5.69 Å². The molecule has 0 fully saturated rings. The van der Waals surface area contributed by atoms with Crippen molar-refractivity contribution < 1.29 is 4.79 Å². The van der Waals surface area contributed by atoms with Crippen LogP contribution in [0.25, 0.3) is 23.1 Å². The van der Waals surface area contributed by atoms with Crippen molar-refractivity contribution in [3.8, 4) is 0 Å². The van der Waals surface area contributed by atoms with Crippen molar-refractivity contribution in [1.82, 2.24) is 4.98 Å². The van der Waals surface area contributed by atoms with E-state index in [9.17, 15) is 4.79 Å². The van der Waals surface area contributed by atoms with Crippen LogP contribution in [0.1, 0.15) is 11.1 Å². The largest absolute Gasteiger partial charge is 0.325 e. The molecule has 1 heterocycles. The van der Waals surface area contributed by atoms with Crippen LogP contribution >= 0.6 is 0 Å². The van der Waals surface area contributed by atoms with E-state index >= 15 is 0 Å². The summed E-state index contributed by atoms with van der Waals surface area (Å²) in [5, 5.41) is 3.84. The van der Waals surface area contributed by atoms with Crippen molar-refractivity contribution in [1.29, 1.82) is 0 Å². The third-order valence-electron chi connectivity index (χ3n) is 3.52. The number of amides is 1. The van der Waals surface area contributed by atoms with Gasteiger partial charge < -0.3 is 11.1 Å². The van der Waals surface area contributed by atoms with E-state index in [-0.39, 0.29) is 12.5 Å². The van der Waals surface area contributed by atoms with Crippen LogP contribution in [0.5, 0.6) is 0 Å². The fraction of sp³-hybridized carbons (Fsp3) is 0.0526. The second-order valence-electron chi connectivity index (χ2n) is 5.12. The smallest absolute Gasteiger partial charge is 0.238 e. The Labute approximate surface area is 134 Å². The second-order valence-corrected chi connectivity index (χ2v) is 5.12. The molecule has 1 amide bonds. The maximum absolute atomic E-state index is 11.2. The Morgan fingerprint density at radius 2 is 1.83 bits per heavy atom. The number of fused-ring (bicyclic) bond motifs is 1. The van der Waals surface area contributed by atoms with Gasteiger partial charge >= 0.3 is 0 Å². The number of hydrogen-bond donors (Lipinski definition) is 2. The van der Waals surface area contributed by atoms with Gasteiger partial charge in [-0.05, 0) is 35.4 Å². The van der Waals surface area contributed by atoms with Gasteiger partial charge in [0.15, 0.2) is 0 Å². The quantitative estimate of drug-likeness (QED) is 0.777. The van der Waals surface area contributed by atoms with Crippen molar-refractivity contribution in [2.24, 2.45) is 5.73 Å². The van der Waals surface area contributed by atoms with Gasteiger partial charge in [-0.1, -0.05) is 42.5 Å². The number of benzene rings is 2. The summed E-state index contributed by atoms with van der Waals surface area (Å²) in [6, 6.07) is 17.7. The maximum atomic E-state index is 11.2. The Hall–Kier alpha value is -2.98. The molecule has 0 aliphatic carbocycles. The minimum atomic E-state index is -0.198. The fourth-order valence-electron chi connectivity index (χ4n) is 2.34. The molecule has 0 aliphatic rings. The minimum Gasteiger partial charge on any atom is -0.325 e. The summed E-state index contributed by atoms with van der Waals surface area (Å²) in [7, 11) is 0. The summed E-state index contributed by atoms with van der Waals surface area (Å²) in [4.78, 5) is 15.6. The van der Waals surface area contributed by atoms with E-state index in [1.54, 1.807) is 0 Å². The molecule has 4 nitrogen and oxygen atoms in total. The van der Waals surface area contributed by atoms with Crippen molar-refractivity contribution in [3.05, 3.63) is 71.9 Å². The monoisotopic (exact) mass is 303 g/mol. The lowest BCUT2D eigenvalue weighted by atomic mass is 10.1. The highest BCUT2D eigenvalue weighted by molar-refractivity contribution is 5.92. The van der Waals surface area contributed by atoms with Crippen LogP contribution in [-0.4, -0.2) is 17.4 Å². The molecule has 0 bridgehead atoms. The molecule has 3 rings (SSSR count). The normalized spacial score (nSPS) is 11.0. The lowest BCUT2D eigenvalue weighted by molar-refractivity contribution is -0.114. The summed E-state index contributed by atoms with van der Waals surface area (Å²) >= 11 is 0. The maximum Gasteiger partial charge on any atom is 0.238 e. The van der Waals surface area contributed by atoms with Crippen LogP contribution in [0.3, 0.4) is 0 Å². The van der Waals surface area contributed by atoms with E-state index in [0.29, 0.717) is 0 Å². The number of carbonyl (C=O) groups is 1. The van der Waals surface area contributed by atoms with Crippen LogP contribution in [0.15, 0.2) is 60.8 Å². The summed E-state index contributed by atoms with van der Waals surface area (Å²) in [5.41, 5.74) is 9.18. The number of nitrogens with two attached hydrogens (primary N) is 1. The van der Waals surface area contributed by atoms with Gasteiger partial charge in [0, 0.05) is 17.3 Å². The first-order chi connectivity index (χ1) is 11.3. The molecule has 3 aromatic rings. The third-order valence-corrected chi connectivity index (χ3v) is 3.52. The van der Waals surface area contributed by atoms with Gasteiger partial charge in [-0.3, -0.25) is 9.78 Å². The number of pyridine rings is 1. The molecule has 4 heteroatoms. The van der Waals surface area contributed by atoms with Gasteiger partial charge in [0.05, 0.1) is 12.1 Å². The molecule has 3 N–H and O–H groups in total. The molecule has 23 heavy (non-hydrogen) atoms. The third kappa shape index (κ3) is 3.62. The van der Waals surface area contributed by atoms with Crippen molar-refractivity contribution >= 4 is 34.6 Å². The highest BCUT2D eigenvalue weighted by Gasteiger charge is 1.99. The van der Waals surface area contributed by atoms with Crippen LogP contribution < -0.4 is 11.1 Å². The zero-order chi connectivity index (χ0) is 16.1. The van der Waals surface area contributed by atoms with E-state index in [0.717, 1.165) is 27.7 Å². The predicted octanol–water partition coefficient (Wildman–Crippen LogP) is 3.30. The molecule has 0 unspecified atom stereocenters. The molecule has 2 aromatic carbocycles. The Bertz CT molecular complexity index is 849. The molecule has 0 spiro atoms. The molecule has 0 radical (unpaired) electrons. The lowest BCUT2D eigenvalue weighted by Gasteiger charge is -2.04. The minimum absolute atomic E-state index is 0.0171. The highest BCUT2D eigenvalue weighted by atomic mass is 16.1. The van der Waals surface area contributed by atoms with Crippen LogP contribution in [-0.2, 0) is 4.79 Å². The SMILES string of the molecule is NCC(=O)Nc1ccc(C=Cc2ccnc3ccccc23)cc1. The molecular weight excluding hydrogens is 286 g/mol. The summed E-state index contributed by atoms with van der Waals surface area (Å²) in [6.07, 6.45) is 5.92. The summed E-state index contributed by atoms with van der Waals surface area (Å²) < 4.78 is 0. The van der Waals surface area contributed by atoms with Gasteiger partial charge in [-0.2, -0.15) is 0 Å². The number of nitrogens with one attached hydrogen (secondary N) is 1. The Balaban J connectivity index is 1.80. The standard InChI is InChI=1S/C19H17N3O/c20-13-19(23)22-16-9-6-14(7-10-16)5-8-15-11-12-21-18-4-2-1-3-17(15)18/h1-12H,13,20H2,(H,22,23). The van der Waals surface area contributed by atoms with Crippen LogP contribution in [0.2, 0.25) is 0 Å². The van der Waals surface area contributed by atoms with Gasteiger partial charge in [0.2, 0.25) is 5.91 Å². The first kappa shape index (κ1) is 14.9. The number of para-hydroxylation sites is 1. The number of aromatic nitrogens is 1. The van der Waals surface area contributed by atoms with Crippen molar-refractivity contribution in [3.63, 3.8) is 0 Å². The summed E-state index contributed by atoms with van der Waals surface area (Å²) in [5.74, 6) is -0.198. The average Bonchev–Trinajstić information content (AvgIpc) is 2.61. The van der Waals surface area contributed by atoms with E-state index < -0.39 is 0 Å². The highest BCUT2D eigenvalue weighted by Crippen LogP contribution is 2.19. The Morgan fingerprint density at radius 3 is 2.61 bits per heavy atom. The molecular formula is C19H17N3O. The predicted molar refractivity (Wildman–Crippen MR) is 94.8 cm³/mol. The fourth-order valence-corrected chi connectivity index (χ4v) is 2.34. The van der Waals surface area contributed by atoms with Crippen LogP contribution in [0, 0.1) is 0 Å². The molecule has 0 atom stereocenters. The molecule has 0 aliphatic heterocycles. The zero-order valence-corrected chi connectivity index (χ0v) is 12.6. The zero-order valence-electron chi connectivity index (χ0n) is 12.6. The van der Waals surface area contributed by atoms with Gasteiger partial charge in [-0.25, -0.2) is 0 Å². The summed E-state index contributed by atoms with van der Waals surface area (Å²) in [6.45, 7) is -0.0171. The first-order valence-electron chi connectivity index (χ1n) is 7.38. The number of hydrogen-bond acceptors (Lipinski definition) is 3. The van der Waals surface area contributed by atoms with E-state index in [1.807, 2.05) is 60.8 Å². The Morgan fingerprint density at radius 1 is 1.04 bits per heavy atom. The van der Waals surface area contributed by atoms with Crippen molar-refractivity contribution in [2.45, 2.75) is 0 Å². The van der Waals surface area contributed by atoms with E-state index in [1.165, 1.54) is 0 Å². The van der Waals surface area contributed by atoms with E-state index in [2.05, 4.69) is 22.4 Å². The van der Waals surface area contributed by atoms with Gasteiger partial charge in [-0.15, -0.1) is 0 Å². The molecule has 1 aromatic heterocycles. The number of anilines is 1. The average molecular weight is 303 g/mol. The van der Waals surface area contributed by atoms with Gasteiger partial charge in [0.1, 0.15) is 0 Å². The molecule has 114 valence electrons. The number of carbonyl (C=O) groups excluding carboxylic acids is 1. The van der Waals surface area contributed by atoms with E-state index in [4.69, 9.17) is 5.73 Å². The molecule has 0 saturated carbocycles. The Kier molecular flexibility index (Phi) is 4.45. The number of nitrogens with zero attached hydrogens (tertiary/aromatic N) is 1. The lowest BCUT2D eigenvalue weighted by Crippen LogP contribution is -2.21. The van der Waals surface area contributed by atoms with Gasteiger partial charge in [0.25, 0.3) is 0 Å².